The Hall–Kier alpha value is -2.71. The van der Waals surface area contributed by atoms with Gasteiger partial charge in [-0.2, -0.15) is 5.10 Å². The van der Waals surface area contributed by atoms with E-state index in [9.17, 15) is 13.2 Å². The van der Waals surface area contributed by atoms with E-state index in [0.29, 0.717) is 18.7 Å². The van der Waals surface area contributed by atoms with Gasteiger partial charge in [0.2, 0.25) is 5.91 Å². The summed E-state index contributed by atoms with van der Waals surface area (Å²) < 4.78 is 25.3. The minimum Gasteiger partial charge on any atom is -0.309 e. The number of anilines is 1. The molecule has 2 aromatic heterocycles. The monoisotopic (exact) mass is 452 g/mol. The van der Waals surface area contributed by atoms with Crippen molar-refractivity contribution < 1.29 is 13.2 Å². The van der Waals surface area contributed by atoms with Crippen molar-refractivity contribution in [2.45, 2.75) is 37.5 Å². The van der Waals surface area contributed by atoms with Gasteiger partial charge in [0, 0.05) is 36.5 Å². The topological polar surface area (TPSA) is 83.8 Å². The van der Waals surface area contributed by atoms with Crippen LogP contribution in [0.1, 0.15) is 31.2 Å². The molecule has 1 aliphatic heterocycles. The highest BCUT2D eigenvalue weighted by atomic mass is 32.2. The van der Waals surface area contributed by atoms with Gasteiger partial charge < -0.3 is 5.32 Å². The minimum absolute atomic E-state index is 0.0554. The molecule has 1 aliphatic carbocycles. The molecule has 1 saturated heterocycles. The largest absolute Gasteiger partial charge is 0.309 e. The Morgan fingerprint density at radius 2 is 1.81 bits per heavy atom. The Balaban J connectivity index is 1.28. The van der Waals surface area contributed by atoms with E-state index < -0.39 is 9.84 Å². The van der Waals surface area contributed by atoms with Crippen LogP contribution in [0.4, 0.5) is 5.82 Å². The number of likely N-dealkylation sites (tertiary alicyclic amines) is 1. The third-order valence-corrected chi connectivity index (χ3v) is 8.19. The van der Waals surface area contributed by atoms with Crippen molar-refractivity contribution in [3.63, 3.8) is 0 Å². The molecular formula is C24H28N4O3S. The lowest BCUT2D eigenvalue weighted by Crippen LogP contribution is -2.38. The summed E-state index contributed by atoms with van der Waals surface area (Å²) >= 11 is 0. The van der Waals surface area contributed by atoms with Crippen LogP contribution in [-0.4, -0.2) is 53.4 Å². The van der Waals surface area contributed by atoms with E-state index in [4.69, 9.17) is 0 Å². The summed E-state index contributed by atoms with van der Waals surface area (Å²) in [5.41, 5.74) is 4.32. The van der Waals surface area contributed by atoms with E-state index in [-0.39, 0.29) is 17.1 Å². The number of sulfone groups is 1. The van der Waals surface area contributed by atoms with Gasteiger partial charge in [0.05, 0.1) is 10.8 Å². The van der Waals surface area contributed by atoms with Crippen molar-refractivity contribution in [1.82, 2.24) is 14.5 Å². The number of carbonyl (C=O) groups is 1. The van der Waals surface area contributed by atoms with Crippen molar-refractivity contribution in [3.05, 3.63) is 54.2 Å². The van der Waals surface area contributed by atoms with Crippen LogP contribution in [0.3, 0.4) is 0 Å². The lowest BCUT2D eigenvalue weighted by Gasteiger charge is -2.31. The molecule has 5 rings (SSSR count). The van der Waals surface area contributed by atoms with Crippen molar-refractivity contribution in [2.24, 2.45) is 5.92 Å². The standard InChI is InChI=1S/C24H28N4O3S/c1-32(30,31)20-10-13-27(14-11-20)16-17-4-6-18(7-5-17)21-3-2-12-28-22(21)15-23(26-28)25-24(29)19-8-9-19/h2-7,12,15,19-20H,8-11,13-14,16H2,1H3,(H,25,26,29). The summed E-state index contributed by atoms with van der Waals surface area (Å²) in [6.45, 7) is 2.44. The molecule has 0 atom stereocenters. The van der Waals surface area contributed by atoms with Crippen LogP contribution in [0.25, 0.3) is 16.6 Å². The average Bonchev–Trinajstić information content (AvgIpc) is 3.54. The fourth-order valence-corrected chi connectivity index (χ4v) is 5.50. The smallest absolute Gasteiger partial charge is 0.228 e. The van der Waals surface area contributed by atoms with Crippen LogP contribution in [0.5, 0.6) is 0 Å². The number of hydrogen-bond donors (Lipinski definition) is 1. The normalized spacial score (nSPS) is 18.2. The Kier molecular flexibility index (Phi) is 5.51. The number of aromatic nitrogens is 2. The number of nitrogens with one attached hydrogen (secondary N) is 1. The summed E-state index contributed by atoms with van der Waals surface area (Å²) in [6, 6.07) is 14.4. The summed E-state index contributed by atoms with van der Waals surface area (Å²) in [7, 11) is -2.94. The van der Waals surface area contributed by atoms with E-state index in [1.165, 1.54) is 11.8 Å². The van der Waals surface area contributed by atoms with Crippen LogP contribution in [0.15, 0.2) is 48.7 Å². The van der Waals surface area contributed by atoms with Gasteiger partial charge in [0.1, 0.15) is 9.84 Å². The van der Waals surface area contributed by atoms with Gasteiger partial charge in [0.25, 0.3) is 0 Å². The number of benzene rings is 1. The van der Waals surface area contributed by atoms with Crippen molar-refractivity contribution in [1.29, 1.82) is 0 Å². The van der Waals surface area contributed by atoms with E-state index in [1.54, 1.807) is 4.52 Å². The van der Waals surface area contributed by atoms with Crippen molar-refractivity contribution in [2.75, 3.05) is 24.7 Å². The van der Waals surface area contributed by atoms with Crippen LogP contribution < -0.4 is 5.32 Å². The molecule has 0 spiro atoms. The quantitative estimate of drug-likeness (QED) is 0.620. The van der Waals surface area contributed by atoms with E-state index in [2.05, 4.69) is 45.6 Å². The first-order valence-electron chi connectivity index (χ1n) is 11.2. The first-order chi connectivity index (χ1) is 15.4. The third kappa shape index (κ3) is 4.56. The van der Waals surface area contributed by atoms with Crippen LogP contribution in [-0.2, 0) is 21.2 Å². The van der Waals surface area contributed by atoms with Gasteiger partial charge >= 0.3 is 0 Å². The predicted molar refractivity (Wildman–Crippen MR) is 125 cm³/mol. The number of pyridine rings is 1. The SMILES string of the molecule is CS(=O)(=O)C1CCN(Cc2ccc(-c3cccn4nc(NC(=O)C5CC5)cc34)cc2)CC1. The van der Waals surface area contributed by atoms with Crippen LogP contribution >= 0.6 is 0 Å². The Morgan fingerprint density at radius 3 is 2.47 bits per heavy atom. The van der Waals surface area contributed by atoms with Gasteiger partial charge in [0.15, 0.2) is 5.82 Å². The minimum atomic E-state index is -2.94. The summed E-state index contributed by atoms with van der Waals surface area (Å²) in [5, 5.41) is 7.23. The Labute approximate surface area is 188 Å². The lowest BCUT2D eigenvalue weighted by molar-refractivity contribution is -0.117. The highest BCUT2D eigenvalue weighted by Gasteiger charge is 2.30. The summed E-state index contributed by atoms with van der Waals surface area (Å²) in [5.74, 6) is 0.785. The number of fused-ring (bicyclic) bond motifs is 1. The molecular weight excluding hydrogens is 424 g/mol. The second-order valence-corrected chi connectivity index (χ2v) is 11.4. The van der Waals surface area contributed by atoms with Gasteiger partial charge in [-0.3, -0.25) is 9.69 Å². The van der Waals surface area contributed by atoms with Crippen LogP contribution in [0.2, 0.25) is 0 Å². The van der Waals surface area contributed by atoms with Crippen molar-refractivity contribution in [3.8, 4) is 11.1 Å². The lowest BCUT2D eigenvalue weighted by atomic mass is 10.0. The Bertz CT molecular complexity index is 1240. The number of rotatable bonds is 6. The molecule has 1 amide bonds. The van der Waals surface area contributed by atoms with Crippen molar-refractivity contribution >= 4 is 27.1 Å². The zero-order valence-electron chi connectivity index (χ0n) is 18.2. The number of carbonyl (C=O) groups excluding carboxylic acids is 1. The molecule has 7 nitrogen and oxygen atoms in total. The molecule has 1 N–H and O–H groups in total. The predicted octanol–water partition coefficient (Wildman–Crippen LogP) is 3.36. The molecule has 1 saturated carbocycles. The van der Waals surface area contributed by atoms with Gasteiger partial charge in [-0.1, -0.05) is 30.3 Å². The number of piperidine rings is 1. The van der Waals surface area contributed by atoms with E-state index >= 15 is 0 Å². The molecule has 8 heteroatoms. The number of hydrogen-bond acceptors (Lipinski definition) is 5. The third-order valence-electron chi connectivity index (χ3n) is 6.51. The second kappa shape index (κ2) is 8.33. The maximum Gasteiger partial charge on any atom is 0.228 e. The zero-order chi connectivity index (χ0) is 22.3. The number of nitrogens with zero attached hydrogens (tertiary/aromatic N) is 3. The maximum absolute atomic E-state index is 12.1. The van der Waals surface area contributed by atoms with Gasteiger partial charge in [-0.05, 0) is 56.0 Å². The fourth-order valence-electron chi connectivity index (χ4n) is 4.44. The van der Waals surface area contributed by atoms with Crippen LogP contribution in [0, 0.1) is 5.92 Å². The molecule has 0 bridgehead atoms. The zero-order valence-corrected chi connectivity index (χ0v) is 19.0. The maximum atomic E-state index is 12.1. The summed E-state index contributed by atoms with van der Waals surface area (Å²) in [4.78, 5) is 14.4. The molecule has 3 aromatic rings. The van der Waals surface area contributed by atoms with Gasteiger partial charge in [-0.15, -0.1) is 0 Å². The van der Waals surface area contributed by atoms with E-state index in [1.807, 2.05) is 18.3 Å². The highest BCUT2D eigenvalue weighted by molar-refractivity contribution is 7.91. The summed E-state index contributed by atoms with van der Waals surface area (Å²) in [6.07, 6.45) is 6.58. The molecule has 0 radical (unpaired) electrons. The Morgan fingerprint density at radius 1 is 1.09 bits per heavy atom. The highest BCUT2D eigenvalue weighted by Crippen LogP contribution is 2.31. The molecule has 2 fully saturated rings. The van der Waals surface area contributed by atoms with E-state index in [0.717, 1.165) is 49.1 Å². The molecule has 0 unspecified atom stereocenters. The molecule has 2 aliphatic rings. The number of amides is 1. The molecule has 168 valence electrons. The first-order valence-corrected chi connectivity index (χ1v) is 13.1. The molecule has 1 aromatic carbocycles. The van der Waals surface area contributed by atoms with Gasteiger partial charge in [-0.25, -0.2) is 12.9 Å². The molecule has 3 heterocycles. The fraction of sp³-hybridized carbons (Fsp3) is 0.417. The molecule has 32 heavy (non-hydrogen) atoms. The first kappa shape index (κ1) is 21.2. The second-order valence-electron chi connectivity index (χ2n) is 9.05. The average molecular weight is 453 g/mol.